The van der Waals surface area contributed by atoms with Gasteiger partial charge in [0.05, 0.1) is 0 Å². The molecule has 2 heterocycles. The molecule has 2 saturated heterocycles. The first-order valence-corrected chi connectivity index (χ1v) is 6.56. The van der Waals surface area contributed by atoms with Gasteiger partial charge in [-0.2, -0.15) is 0 Å². The van der Waals surface area contributed by atoms with E-state index < -0.39 is 0 Å². The van der Waals surface area contributed by atoms with E-state index >= 15 is 0 Å². The maximum Gasteiger partial charge on any atom is 0.0223 e. The topological polar surface area (TPSA) is 6.48 Å². The molecule has 2 heteroatoms. The summed E-state index contributed by atoms with van der Waals surface area (Å²) in [6.45, 7) is 12.3. The maximum absolute atomic E-state index is 2.72. The summed E-state index contributed by atoms with van der Waals surface area (Å²) >= 11 is 0. The highest BCUT2D eigenvalue weighted by Crippen LogP contribution is 2.24. The Morgan fingerprint density at radius 1 is 0.933 bits per heavy atom. The van der Waals surface area contributed by atoms with E-state index in [-0.39, 0.29) is 0 Å². The van der Waals surface area contributed by atoms with Crippen molar-refractivity contribution in [3.63, 3.8) is 0 Å². The highest BCUT2D eigenvalue weighted by atomic mass is 15.3. The monoisotopic (exact) mass is 210 g/mol. The largest absolute Gasteiger partial charge is 0.299 e. The highest BCUT2D eigenvalue weighted by Gasteiger charge is 2.31. The van der Waals surface area contributed by atoms with Crippen LogP contribution in [0.3, 0.4) is 0 Å². The minimum atomic E-state index is 0.360. The van der Waals surface area contributed by atoms with Crippen molar-refractivity contribution < 1.29 is 0 Å². The molecule has 2 aliphatic rings. The van der Waals surface area contributed by atoms with Crippen molar-refractivity contribution in [3.8, 4) is 0 Å². The summed E-state index contributed by atoms with van der Waals surface area (Å²) in [5.74, 6) is 0. The molecule has 0 aromatic rings. The fourth-order valence-electron chi connectivity index (χ4n) is 2.97. The van der Waals surface area contributed by atoms with Gasteiger partial charge >= 0.3 is 0 Å². The average molecular weight is 210 g/mol. The van der Waals surface area contributed by atoms with Gasteiger partial charge in [0.1, 0.15) is 0 Å². The zero-order valence-electron chi connectivity index (χ0n) is 10.6. The Hall–Kier alpha value is -0.0800. The minimum absolute atomic E-state index is 0.360. The molecule has 0 bridgehead atoms. The number of nitrogens with zero attached hydrogens (tertiary/aromatic N) is 2. The van der Waals surface area contributed by atoms with Gasteiger partial charge in [-0.25, -0.2) is 0 Å². The van der Waals surface area contributed by atoms with Crippen LogP contribution in [-0.2, 0) is 0 Å². The number of piperidine rings is 1. The molecule has 2 aliphatic heterocycles. The number of hydrogen-bond donors (Lipinski definition) is 0. The molecule has 88 valence electrons. The molecule has 0 N–H and O–H groups in total. The summed E-state index contributed by atoms with van der Waals surface area (Å²) in [4.78, 5) is 5.39. The van der Waals surface area contributed by atoms with Crippen LogP contribution in [0.4, 0.5) is 0 Å². The lowest BCUT2D eigenvalue weighted by Gasteiger charge is -2.44. The van der Waals surface area contributed by atoms with Gasteiger partial charge in [0.2, 0.25) is 0 Å². The second-order valence-electron chi connectivity index (χ2n) is 6.16. The van der Waals surface area contributed by atoms with E-state index in [1.54, 1.807) is 0 Å². The van der Waals surface area contributed by atoms with Gasteiger partial charge in [0, 0.05) is 18.1 Å². The third-order valence-corrected chi connectivity index (χ3v) is 4.00. The van der Waals surface area contributed by atoms with Crippen molar-refractivity contribution >= 4 is 0 Å². The molecule has 2 fully saturated rings. The van der Waals surface area contributed by atoms with E-state index in [0.29, 0.717) is 5.54 Å². The number of likely N-dealkylation sites (tertiary alicyclic amines) is 2. The van der Waals surface area contributed by atoms with E-state index in [4.69, 9.17) is 0 Å². The van der Waals surface area contributed by atoms with Crippen molar-refractivity contribution in [2.75, 3.05) is 26.2 Å². The second-order valence-corrected chi connectivity index (χ2v) is 6.16. The lowest BCUT2D eigenvalue weighted by Crippen LogP contribution is -2.53. The molecule has 0 unspecified atom stereocenters. The Bertz CT molecular complexity index is 201. The summed E-state index contributed by atoms with van der Waals surface area (Å²) in [5, 5.41) is 0. The molecule has 2 rings (SSSR count). The molecular weight excluding hydrogens is 184 g/mol. The first-order chi connectivity index (χ1) is 7.07. The van der Waals surface area contributed by atoms with Crippen LogP contribution in [0, 0.1) is 0 Å². The fourth-order valence-corrected chi connectivity index (χ4v) is 2.97. The quantitative estimate of drug-likeness (QED) is 0.655. The van der Waals surface area contributed by atoms with Crippen molar-refractivity contribution in [1.29, 1.82) is 0 Å². The van der Waals surface area contributed by atoms with Crippen molar-refractivity contribution in [2.45, 2.75) is 58.0 Å². The molecular formula is C13H26N2. The zero-order valence-corrected chi connectivity index (χ0v) is 10.6. The van der Waals surface area contributed by atoms with Gasteiger partial charge < -0.3 is 0 Å². The van der Waals surface area contributed by atoms with Gasteiger partial charge in [0.25, 0.3) is 0 Å². The Labute approximate surface area is 94.6 Å². The van der Waals surface area contributed by atoms with Crippen LogP contribution in [0.5, 0.6) is 0 Å². The predicted molar refractivity (Wildman–Crippen MR) is 65.2 cm³/mol. The smallest absolute Gasteiger partial charge is 0.0223 e. The molecule has 0 aromatic carbocycles. The maximum atomic E-state index is 2.72. The first-order valence-electron chi connectivity index (χ1n) is 6.56. The van der Waals surface area contributed by atoms with Crippen molar-refractivity contribution in [1.82, 2.24) is 9.80 Å². The lowest BCUT2D eigenvalue weighted by atomic mass is 9.97. The third kappa shape index (κ3) is 2.73. The van der Waals surface area contributed by atoms with Gasteiger partial charge in [-0.3, -0.25) is 9.80 Å². The van der Waals surface area contributed by atoms with Gasteiger partial charge in [-0.15, -0.1) is 0 Å². The highest BCUT2D eigenvalue weighted by molar-refractivity contribution is 4.88. The van der Waals surface area contributed by atoms with Crippen LogP contribution >= 0.6 is 0 Å². The molecule has 0 amide bonds. The van der Waals surface area contributed by atoms with Crippen molar-refractivity contribution in [2.24, 2.45) is 0 Å². The molecule has 15 heavy (non-hydrogen) atoms. The number of hydrogen-bond acceptors (Lipinski definition) is 2. The van der Waals surface area contributed by atoms with Gasteiger partial charge in [-0.05, 0) is 66.1 Å². The zero-order chi connectivity index (χ0) is 10.9. The fraction of sp³-hybridized carbons (Fsp3) is 1.00. The van der Waals surface area contributed by atoms with E-state index in [1.807, 2.05) is 0 Å². The van der Waals surface area contributed by atoms with Crippen LogP contribution in [-0.4, -0.2) is 47.6 Å². The van der Waals surface area contributed by atoms with Crippen LogP contribution in [0.15, 0.2) is 0 Å². The molecule has 1 atom stereocenters. The standard InChI is InChI=1S/C13H26N2/c1-13(2,3)15-10-6-7-12(11-15)14-8-4-5-9-14/h12H,4-11H2,1-3H3/t12-/m1/s1. The summed E-state index contributed by atoms with van der Waals surface area (Å²) in [7, 11) is 0. The summed E-state index contributed by atoms with van der Waals surface area (Å²) < 4.78 is 0. The van der Waals surface area contributed by atoms with E-state index in [2.05, 4.69) is 30.6 Å². The third-order valence-electron chi connectivity index (χ3n) is 4.00. The predicted octanol–water partition coefficient (Wildman–Crippen LogP) is 2.35. The Morgan fingerprint density at radius 3 is 2.20 bits per heavy atom. The molecule has 0 spiro atoms. The summed E-state index contributed by atoms with van der Waals surface area (Å²) in [5.41, 5.74) is 0.360. The average Bonchev–Trinajstić information content (AvgIpc) is 2.69. The van der Waals surface area contributed by atoms with Crippen LogP contribution < -0.4 is 0 Å². The molecule has 2 nitrogen and oxygen atoms in total. The second kappa shape index (κ2) is 4.42. The SMILES string of the molecule is CC(C)(C)N1CCC[C@@H](N2CCCC2)C1. The lowest BCUT2D eigenvalue weighted by molar-refractivity contribution is 0.0525. The van der Waals surface area contributed by atoms with Gasteiger partial charge in [-0.1, -0.05) is 0 Å². The first kappa shape index (κ1) is 11.4. The van der Waals surface area contributed by atoms with Crippen molar-refractivity contribution in [3.05, 3.63) is 0 Å². The van der Waals surface area contributed by atoms with Crippen LogP contribution in [0.2, 0.25) is 0 Å². The number of rotatable bonds is 1. The van der Waals surface area contributed by atoms with E-state index in [1.165, 1.54) is 51.9 Å². The van der Waals surface area contributed by atoms with E-state index in [0.717, 1.165) is 6.04 Å². The Balaban J connectivity index is 1.92. The Morgan fingerprint density at radius 2 is 1.60 bits per heavy atom. The summed E-state index contributed by atoms with van der Waals surface area (Å²) in [6, 6.07) is 0.848. The Kier molecular flexibility index (Phi) is 3.36. The summed E-state index contributed by atoms with van der Waals surface area (Å²) in [6.07, 6.45) is 5.66. The van der Waals surface area contributed by atoms with Crippen LogP contribution in [0.1, 0.15) is 46.5 Å². The molecule has 0 radical (unpaired) electrons. The molecule has 0 saturated carbocycles. The molecule has 0 aliphatic carbocycles. The van der Waals surface area contributed by atoms with E-state index in [9.17, 15) is 0 Å². The minimum Gasteiger partial charge on any atom is -0.299 e. The molecule has 0 aromatic heterocycles. The van der Waals surface area contributed by atoms with Gasteiger partial charge in [0.15, 0.2) is 0 Å². The van der Waals surface area contributed by atoms with Crippen LogP contribution in [0.25, 0.3) is 0 Å². The normalized spacial score (nSPS) is 31.0.